The Bertz CT molecular complexity index is 1130. The number of rotatable bonds is 40. The fourth-order valence-corrected chi connectivity index (χ4v) is 6.27. The zero-order valence-electron chi connectivity index (χ0n) is 35.5. The third-order valence-corrected chi connectivity index (χ3v) is 9.67. The standard InChI is InChI=1S/C47H81O8P/c1-3-5-7-9-11-13-15-17-19-20-21-22-23-24-25-26-28-30-32-34-36-38-40-42-47(49)55-45(44-54-56(50,51)52)43-53-46(48)41-39-37-35-33-31-29-27-18-16-14-12-10-8-6-4-2/h6,8,12,14,18,26-28,31,33-34,36,45H,3-5,7,9-11,13,15-17,19-25,29-30,32,35,37-44H2,1-2H3,(H2,50,51,52)/b8-6+,14-12+,27-18+,28-26+,33-31+,36-34+/t45-/m1/s1. The van der Waals surface area contributed by atoms with Gasteiger partial charge in [0.25, 0.3) is 0 Å². The first-order valence-electron chi connectivity index (χ1n) is 22.2. The highest BCUT2D eigenvalue weighted by atomic mass is 31.2. The van der Waals surface area contributed by atoms with E-state index in [0.717, 1.165) is 64.2 Å². The Morgan fingerprint density at radius 2 is 0.893 bits per heavy atom. The Morgan fingerprint density at radius 3 is 1.41 bits per heavy atom. The van der Waals surface area contributed by atoms with Crippen molar-refractivity contribution in [2.45, 2.75) is 200 Å². The molecule has 1 atom stereocenters. The van der Waals surface area contributed by atoms with Gasteiger partial charge in [-0.05, 0) is 83.5 Å². The molecule has 0 heterocycles. The molecule has 56 heavy (non-hydrogen) atoms. The lowest BCUT2D eigenvalue weighted by Gasteiger charge is -2.18. The molecular weight excluding hydrogens is 723 g/mol. The van der Waals surface area contributed by atoms with Crippen LogP contribution in [0.15, 0.2) is 72.9 Å². The quantitative estimate of drug-likeness (QED) is 0.0272. The third kappa shape index (κ3) is 44.2. The molecule has 0 amide bonds. The number of ether oxygens (including phenoxy) is 2. The lowest BCUT2D eigenvalue weighted by molar-refractivity contribution is -0.161. The van der Waals surface area contributed by atoms with Gasteiger partial charge in [0.15, 0.2) is 6.10 Å². The van der Waals surface area contributed by atoms with Gasteiger partial charge in [-0.3, -0.25) is 14.1 Å². The Labute approximate surface area is 342 Å². The summed E-state index contributed by atoms with van der Waals surface area (Å²) in [5.41, 5.74) is 0. The summed E-state index contributed by atoms with van der Waals surface area (Å²) in [4.78, 5) is 42.8. The molecule has 9 heteroatoms. The van der Waals surface area contributed by atoms with Crippen LogP contribution in [0, 0.1) is 0 Å². The molecule has 0 spiro atoms. The van der Waals surface area contributed by atoms with E-state index in [9.17, 15) is 14.2 Å². The Kier molecular flexibility index (Phi) is 40.2. The Balaban J connectivity index is 3.98. The lowest BCUT2D eigenvalue weighted by atomic mass is 10.0. The van der Waals surface area contributed by atoms with Crippen molar-refractivity contribution in [3.8, 4) is 0 Å². The highest BCUT2D eigenvalue weighted by molar-refractivity contribution is 7.46. The van der Waals surface area contributed by atoms with E-state index in [2.05, 4.69) is 91.3 Å². The van der Waals surface area contributed by atoms with Crippen LogP contribution in [0.2, 0.25) is 0 Å². The molecule has 0 unspecified atom stereocenters. The third-order valence-electron chi connectivity index (χ3n) is 9.19. The van der Waals surface area contributed by atoms with E-state index in [1.165, 1.54) is 89.9 Å². The van der Waals surface area contributed by atoms with Gasteiger partial charge in [-0.25, -0.2) is 4.57 Å². The van der Waals surface area contributed by atoms with E-state index in [-0.39, 0.29) is 19.4 Å². The molecule has 0 bridgehead atoms. The van der Waals surface area contributed by atoms with Crippen molar-refractivity contribution in [1.82, 2.24) is 0 Å². The van der Waals surface area contributed by atoms with Crippen molar-refractivity contribution >= 4 is 19.8 Å². The van der Waals surface area contributed by atoms with E-state index in [1.54, 1.807) is 0 Å². The van der Waals surface area contributed by atoms with Crippen molar-refractivity contribution in [1.29, 1.82) is 0 Å². The SMILES string of the molecule is CC/C=C/C/C=C/C/C=C/C/C=C/CCCCC(=O)OC[C@H](COP(=O)(O)O)OC(=O)CCC/C=C/CC/C=C/CCCCCCCCCCCCCCCC. The maximum atomic E-state index is 12.4. The minimum atomic E-state index is -4.78. The molecule has 0 aromatic heterocycles. The van der Waals surface area contributed by atoms with Gasteiger partial charge in [0.2, 0.25) is 0 Å². The summed E-state index contributed by atoms with van der Waals surface area (Å²) in [6, 6.07) is 0. The number of esters is 2. The van der Waals surface area contributed by atoms with Gasteiger partial charge >= 0.3 is 19.8 Å². The Morgan fingerprint density at radius 1 is 0.482 bits per heavy atom. The van der Waals surface area contributed by atoms with E-state index in [0.29, 0.717) is 12.8 Å². The van der Waals surface area contributed by atoms with Crippen LogP contribution in [-0.2, 0) is 28.2 Å². The van der Waals surface area contributed by atoms with Gasteiger partial charge in [-0.1, -0.05) is 170 Å². The maximum Gasteiger partial charge on any atom is 0.469 e. The van der Waals surface area contributed by atoms with Gasteiger partial charge < -0.3 is 19.3 Å². The topological polar surface area (TPSA) is 119 Å². The van der Waals surface area contributed by atoms with E-state index < -0.39 is 32.5 Å². The number of phosphoric acid groups is 1. The molecule has 0 saturated carbocycles. The van der Waals surface area contributed by atoms with Crippen LogP contribution in [0.4, 0.5) is 0 Å². The lowest BCUT2D eigenvalue weighted by Crippen LogP contribution is -2.29. The molecule has 2 N–H and O–H groups in total. The first-order chi connectivity index (χ1) is 27.3. The van der Waals surface area contributed by atoms with Crippen molar-refractivity contribution in [3.63, 3.8) is 0 Å². The minimum absolute atomic E-state index is 0.140. The number of phosphoric ester groups is 1. The number of allylic oxidation sites excluding steroid dienone is 12. The fraction of sp³-hybridized carbons (Fsp3) is 0.702. The highest BCUT2D eigenvalue weighted by Gasteiger charge is 2.22. The molecular formula is C47H81O8P. The largest absolute Gasteiger partial charge is 0.469 e. The van der Waals surface area contributed by atoms with Crippen LogP contribution in [0.5, 0.6) is 0 Å². The van der Waals surface area contributed by atoms with Crippen molar-refractivity contribution < 1.29 is 37.9 Å². The van der Waals surface area contributed by atoms with Gasteiger partial charge in [0.05, 0.1) is 6.61 Å². The average molecular weight is 805 g/mol. The molecule has 322 valence electrons. The van der Waals surface area contributed by atoms with Crippen LogP contribution in [0.1, 0.15) is 194 Å². The predicted molar refractivity (Wildman–Crippen MR) is 234 cm³/mol. The molecule has 0 aliphatic heterocycles. The van der Waals surface area contributed by atoms with Gasteiger partial charge in [0, 0.05) is 12.8 Å². The average Bonchev–Trinajstić information content (AvgIpc) is 3.17. The highest BCUT2D eigenvalue weighted by Crippen LogP contribution is 2.36. The number of carbonyl (C=O) groups is 2. The first-order valence-corrected chi connectivity index (χ1v) is 23.8. The van der Waals surface area contributed by atoms with Crippen LogP contribution in [0.3, 0.4) is 0 Å². The van der Waals surface area contributed by atoms with E-state index in [1.807, 2.05) is 0 Å². The minimum Gasteiger partial charge on any atom is -0.462 e. The second-order valence-electron chi connectivity index (χ2n) is 14.6. The van der Waals surface area contributed by atoms with Crippen molar-refractivity contribution in [3.05, 3.63) is 72.9 Å². The molecule has 0 rings (SSSR count). The Hall–Kier alpha value is -2.51. The van der Waals surface area contributed by atoms with Crippen LogP contribution >= 0.6 is 7.82 Å². The number of hydrogen-bond donors (Lipinski definition) is 2. The summed E-state index contributed by atoms with van der Waals surface area (Å²) in [6.07, 6.45) is 55.1. The first kappa shape index (κ1) is 53.5. The van der Waals surface area contributed by atoms with Crippen LogP contribution < -0.4 is 0 Å². The summed E-state index contributed by atoms with van der Waals surface area (Å²) >= 11 is 0. The molecule has 0 radical (unpaired) electrons. The monoisotopic (exact) mass is 805 g/mol. The molecule has 0 aliphatic rings. The van der Waals surface area contributed by atoms with Crippen LogP contribution in [-0.4, -0.2) is 41.0 Å². The zero-order valence-corrected chi connectivity index (χ0v) is 36.4. The summed E-state index contributed by atoms with van der Waals surface area (Å²) in [5.74, 6) is -0.986. The summed E-state index contributed by atoms with van der Waals surface area (Å²) in [5, 5.41) is 0. The smallest absolute Gasteiger partial charge is 0.462 e. The summed E-state index contributed by atoms with van der Waals surface area (Å²) < 4.78 is 26.3. The molecule has 0 saturated heterocycles. The molecule has 0 aliphatic carbocycles. The van der Waals surface area contributed by atoms with Crippen molar-refractivity contribution in [2.24, 2.45) is 0 Å². The van der Waals surface area contributed by atoms with Gasteiger partial charge in [-0.2, -0.15) is 0 Å². The number of carbonyl (C=O) groups excluding carboxylic acids is 2. The van der Waals surface area contributed by atoms with Crippen molar-refractivity contribution in [2.75, 3.05) is 13.2 Å². The molecule has 8 nitrogen and oxygen atoms in total. The summed E-state index contributed by atoms with van der Waals surface area (Å²) in [7, 11) is -4.78. The van der Waals surface area contributed by atoms with Gasteiger partial charge in [0.1, 0.15) is 6.61 Å². The van der Waals surface area contributed by atoms with E-state index in [4.69, 9.17) is 19.3 Å². The number of hydrogen-bond acceptors (Lipinski definition) is 6. The second-order valence-corrected chi connectivity index (χ2v) is 15.9. The molecule has 0 aromatic carbocycles. The molecule has 0 fully saturated rings. The predicted octanol–water partition coefficient (Wildman–Crippen LogP) is 13.9. The summed E-state index contributed by atoms with van der Waals surface area (Å²) in [6.45, 7) is 3.51. The fourth-order valence-electron chi connectivity index (χ4n) is 5.91. The zero-order chi connectivity index (χ0) is 41.1. The normalized spacial score (nSPS) is 13.1. The van der Waals surface area contributed by atoms with Gasteiger partial charge in [-0.15, -0.1) is 0 Å². The van der Waals surface area contributed by atoms with Crippen LogP contribution in [0.25, 0.3) is 0 Å². The maximum absolute atomic E-state index is 12.4. The second kappa shape index (κ2) is 42.1. The number of unbranched alkanes of at least 4 members (excludes halogenated alkanes) is 18. The van der Waals surface area contributed by atoms with E-state index >= 15 is 0 Å². The molecule has 0 aromatic rings.